The molecule has 3 atom stereocenters. The van der Waals surface area contributed by atoms with E-state index in [4.69, 9.17) is 23.7 Å². The van der Waals surface area contributed by atoms with Crippen LogP contribution in [0.4, 0.5) is 43.9 Å². The van der Waals surface area contributed by atoms with E-state index < -0.39 is 49.8 Å². The van der Waals surface area contributed by atoms with Gasteiger partial charge < -0.3 is 28.4 Å². The Balaban J connectivity index is 4.65. The fraction of sp³-hybridized carbons (Fsp3) is 0.760. The Labute approximate surface area is 237 Å². The highest BCUT2D eigenvalue weighted by molar-refractivity contribution is 4.87. The summed E-state index contributed by atoms with van der Waals surface area (Å²) in [4.78, 5) is 0. The van der Waals surface area contributed by atoms with Gasteiger partial charge >= 0.3 is 24.4 Å². The van der Waals surface area contributed by atoms with Crippen LogP contribution in [0.5, 0.6) is 0 Å². The fourth-order valence-electron chi connectivity index (χ4n) is 2.74. The van der Waals surface area contributed by atoms with Crippen LogP contribution in [0.25, 0.3) is 0 Å². The smallest absolute Gasteiger partial charge is 0.379 e. The lowest BCUT2D eigenvalue weighted by atomic mass is 10.3. The third-order valence-corrected chi connectivity index (χ3v) is 4.82. The molecule has 0 rings (SSSR count). The van der Waals surface area contributed by atoms with E-state index in [1.165, 1.54) is 6.08 Å². The monoisotopic (exact) mass is 638 g/mol. The molecule has 0 aliphatic carbocycles. The topological polar surface area (TPSA) is 64.6 Å². The van der Waals surface area contributed by atoms with Crippen LogP contribution in [0, 0.1) is 0 Å². The van der Waals surface area contributed by atoms with Crippen LogP contribution < -0.4 is 0 Å². The largest absolute Gasteiger partial charge is 0.462 e. The van der Waals surface area contributed by atoms with Crippen molar-refractivity contribution in [3.05, 3.63) is 38.0 Å². The summed E-state index contributed by atoms with van der Waals surface area (Å²) in [5.41, 5.74) is 0. The maximum absolute atomic E-state index is 13.4. The SMILES string of the molecule is C=CCOCC(COCCCCOCC(COCC(OC(F)(F)C(F)(F)C(F)(F)F)C(F)(F)F)OCC=C)OCC=C. The average molecular weight is 639 g/mol. The van der Waals surface area contributed by atoms with E-state index in [0.717, 1.165) is 0 Å². The molecule has 17 heteroatoms. The summed E-state index contributed by atoms with van der Waals surface area (Å²) in [5, 5.41) is 0. The first-order valence-corrected chi connectivity index (χ1v) is 12.5. The second kappa shape index (κ2) is 20.2. The zero-order chi connectivity index (χ0) is 32.3. The van der Waals surface area contributed by atoms with Crippen molar-refractivity contribution in [3.63, 3.8) is 0 Å². The van der Waals surface area contributed by atoms with Crippen LogP contribution in [-0.4, -0.2) is 109 Å². The highest BCUT2D eigenvalue weighted by Crippen LogP contribution is 2.48. The molecule has 248 valence electrons. The molecule has 0 aromatic heterocycles. The summed E-state index contributed by atoms with van der Waals surface area (Å²) in [6, 6.07) is 0. The van der Waals surface area contributed by atoms with Crippen molar-refractivity contribution in [3.8, 4) is 0 Å². The highest BCUT2D eigenvalue weighted by Gasteiger charge is 2.75. The van der Waals surface area contributed by atoms with Gasteiger partial charge in [0.05, 0.1) is 52.9 Å². The summed E-state index contributed by atoms with van der Waals surface area (Å²) in [5.74, 6) is -6.89. The quantitative estimate of drug-likeness (QED) is 0.0665. The summed E-state index contributed by atoms with van der Waals surface area (Å²) in [6.45, 7) is 9.27. The average Bonchev–Trinajstić information content (AvgIpc) is 2.88. The number of rotatable bonds is 26. The predicted octanol–water partition coefficient (Wildman–Crippen LogP) is 5.90. The Kier molecular flexibility index (Phi) is 19.4. The van der Waals surface area contributed by atoms with Gasteiger partial charge in [0.25, 0.3) is 0 Å². The third kappa shape index (κ3) is 16.2. The van der Waals surface area contributed by atoms with E-state index in [9.17, 15) is 43.9 Å². The molecule has 3 unspecified atom stereocenters. The molecule has 42 heavy (non-hydrogen) atoms. The van der Waals surface area contributed by atoms with Crippen molar-refractivity contribution < 1.29 is 77.1 Å². The van der Waals surface area contributed by atoms with Crippen LogP contribution in [-0.2, 0) is 33.2 Å². The number of unbranched alkanes of at least 4 members (excludes halogenated alkanes) is 1. The van der Waals surface area contributed by atoms with Crippen LogP contribution >= 0.6 is 0 Å². The maximum Gasteiger partial charge on any atom is 0.462 e. The van der Waals surface area contributed by atoms with Crippen molar-refractivity contribution in [2.75, 3.05) is 66.1 Å². The molecule has 0 amide bonds. The molecule has 0 aliphatic heterocycles. The number of alkyl halides is 10. The van der Waals surface area contributed by atoms with Gasteiger partial charge in [0, 0.05) is 13.2 Å². The summed E-state index contributed by atoms with van der Waals surface area (Å²) < 4.78 is 163. The molecular weight excluding hydrogens is 602 g/mol. The maximum atomic E-state index is 13.4. The van der Waals surface area contributed by atoms with E-state index >= 15 is 0 Å². The number of hydrogen-bond acceptors (Lipinski definition) is 7. The zero-order valence-corrected chi connectivity index (χ0v) is 22.7. The molecule has 7 nitrogen and oxygen atoms in total. The Morgan fingerprint density at radius 3 is 1.38 bits per heavy atom. The van der Waals surface area contributed by atoms with E-state index in [0.29, 0.717) is 32.7 Å². The normalized spacial score (nSPS) is 15.3. The lowest BCUT2D eigenvalue weighted by Gasteiger charge is -2.31. The minimum atomic E-state index is -6.89. The first-order valence-electron chi connectivity index (χ1n) is 12.5. The lowest BCUT2D eigenvalue weighted by Crippen LogP contribution is -2.56. The van der Waals surface area contributed by atoms with Gasteiger partial charge in [-0.25, -0.2) is 0 Å². The van der Waals surface area contributed by atoms with Crippen molar-refractivity contribution in [1.29, 1.82) is 0 Å². The van der Waals surface area contributed by atoms with Gasteiger partial charge in [-0.1, -0.05) is 18.2 Å². The Bertz CT molecular complexity index is 748. The Morgan fingerprint density at radius 2 is 0.976 bits per heavy atom. The molecule has 0 spiro atoms. The summed E-state index contributed by atoms with van der Waals surface area (Å²) in [7, 11) is 0. The highest BCUT2D eigenvalue weighted by atomic mass is 19.4. The Hall–Kier alpha value is -1.76. The molecule has 0 aliphatic rings. The minimum Gasteiger partial charge on any atom is -0.379 e. The molecule has 0 saturated heterocycles. The molecule has 0 bridgehead atoms. The molecular formula is C25H36F10O7. The molecule has 0 aromatic carbocycles. The molecule has 0 aromatic rings. The lowest BCUT2D eigenvalue weighted by molar-refractivity contribution is -0.447. The molecule has 0 heterocycles. The molecule has 0 fully saturated rings. The third-order valence-electron chi connectivity index (χ3n) is 4.82. The van der Waals surface area contributed by atoms with Gasteiger partial charge in [-0.15, -0.1) is 19.7 Å². The van der Waals surface area contributed by atoms with Crippen molar-refractivity contribution >= 4 is 0 Å². The van der Waals surface area contributed by atoms with Gasteiger partial charge in [0.1, 0.15) is 12.2 Å². The molecule has 0 radical (unpaired) electrons. The van der Waals surface area contributed by atoms with Crippen molar-refractivity contribution in [2.45, 2.75) is 55.5 Å². The van der Waals surface area contributed by atoms with Gasteiger partial charge in [-0.2, -0.15) is 43.9 Å². The summed E-state index contributed by atoms with van der Waals surface area (Å²) >= 11 is 0. The predicted molar refractivity (Wildman–Crippen MR) is 129 cm³/mol. The first kappa shape index (κ1) is 40.2. The number of halogens is 10. The van der Waals surface area contributed by atoms with E-state index in [1.54, 1.807) is 12.2 Å². The summed E-state index contributed by atoms with van der Waals surface area (Å²) in [6.07, 6.45) is -18.9. The van der Waals surface area contributed by atoms with Gasteiger partial charge in [0.2, 0.25) is 0 Å². The second-order valence-electron chi connectivity index (χ2n) is 8.45. The van der Waals surface area contributed by atoms with Crippen LogP contribution in [0.1, 0.15) is 12.8 Å². The molecule has 0 saturated carbocycles. The first-order chi connectivity index (χ1) is 19.5. The van der Waals surface area contributed by atoms with Crippen LogP contribution in [0.15, 0.2) is 38.0 Å². The van der Waals surface area contributed by atoms with Crippen molar-refractivity contribution in [2.24, 2.45) is 0 Å². The van der Waals surface area contributed by atoms with Crippen LogP contribution in [0.2, 0.25) is 0 Å². The van der Waals surface area contributed by atoms with Gasteiger partial charge in [-0.3, -0.25) is 4.74 Å². The number of hydrogen-bond donors (Lipinski definition) is 0. The van der Waals surface area contributed by atoms with E-state index in [2.05, 4.69) is 29.2 Å². The molecule has 0 N–H and O–H groups in total. The van der Waals surface area contributed by atoms with E-state index in [1.807, 2.05) is 0 Å². The Morgan fingerprint density at radius 1 is 0.548 bits per heavy atom. The van der Waals surface area contributed by atoms with Crippen LogP contribution in [0.3, 0.4) is 0 Å². The van der Waals surface area contributed by atoms with Gasteiger partial charge in [0.15, 0.2) is 6.10 Å². The van der Waals surface area contributed by atoms with Crippen molar-refractivity contribution in [1.82, 2.24) is 0 Å². The standard InChI is InChI=1S/C25H36F10O7/c1-4-9-36-14-19(40-10-5-2)15-37-12-7-8-13-38-16-20(41-11-6-3)17-39-18-21(22(26,27)28)42-25(34,35)23(29,30)24(31,32)33/h4-6,19-21H,1-3,7-18H2. The zero-order valence-electron chi connectivity index (χ0n) is 22.7. The van der Waals surface area contributed by atoms with E-state index in [-0.39, 0.29) is 39.1 Å². The number of ether oxygens (including phenoxy) is 7. The second-order valence-corrected chi connectivity index (χ2v) is 8.45. The minimum absolute atomic E-state index is 0.119. The van der Waals surface area contributed by atoms with Gasteiger partial charge in [-0.05, 0) is 12.8 Å². The fourth-order valence-corrected chi connectivity index (χ4v) is 2.74.